The smallest absolute Gasteiger partial charge is 0.332 e. The van der Waals surface area contributed by atoms with E-state index in [1.165, 1.54) is 19.4 Å². The molecule has 6 heteroatoms. The van der Waals surface area contributed by atoms with Crippen molar-refractivity contribution in [3.63, 3.8) is 0 Å². The molecule has 1 aromatic rings. The highest BCUT2D eigenvalue weighted by Gasteiger charge is 2.16. The van der Waals surface area contributed by atoms with E-state index in [1.54, 1.807) is 0 Å². The van der Waals surface area contributed by atoms with Crippen LogP contribution in [0.4, 0.5) is 5.69 Å². The lowest BCUT2D eigenvalue weighted by Crippen LogP contribution is -1.96. The van der Waals surface area contributed by atoms with E-state index in [9.17, 15) is 10.1 Å². The van der Waals surface area contributed by atoms with E-state index < -0.39 is 4.92 Å². The molecule has 0 atom stereocenters. The Bertz CT molecular complexity index is 437. The molecule has 1 heterocycles. The number of hydrogen-bond acceptors (Lipinski definition) is 4. The van der Waals surface area contributed by atoms with E-state index in [0.717, 1.165) is 0 Å². The van der Waals surface area contributed by atoms with Gasteiger partial charge in [-0.15, -0.1) is 11.6 Å². The maximum Gasteiger partial charge on any atom is 0.332 e. The fourth-order valence-corrected chi connectivity index (χ4v) is 0.999. The molecule has 0 bridgehead atoms. The molecule has 78 valence electrons. The number of aromatic nitrogens is 1. The predicted molar refractivity (Wildman–Crippen MR) is 55.0 cm³/mol. The molecule has 0 aromatic carbocycles. The van der Waals surface area contributed by atoms with Gasteiger partial charge in [-0.05, 0) is 0 Å². The number of halogens is 1. The van der Waals surface area contributed by atoms with Crippen LogP contribution in [-0.2, 0) is 0 Å². The van der Waals surface area contributed by atoms with Crippen molar-refractivity contribution in [3.8, 4) is 17.7 Å². The molecule has 0 N–H and O–H groups in total. The Hall–Kier alpha value is -1.80. The zero-order valence-electron chi connectivity index (χ0n) is 7.86. The molecule has 0 amide bonds. The first-order chi connectivity index (χ1) is 7.19. The Balaban J connectivity index is 3.16. The molecule has 0 fully saturated rings. The van der Waals surface area contributed by atoms with Crippen LogP contribution in [0.5, 0.6) is 5.88 Å². The first kappa shape index (κ1) is 11.3. The van der Waals surface area contributed by atoms with Crippen molar-refractivity contribution >= 4 is 17.3 Å². The maximum absolute atomic E-state index is 10.6. The fraction of sp³-hybridized carbons (Fsp3) is 0.222. The Kier molecular flexibility index (Phi) is 3.89. The van der Waals surface area contributed by atoms with Crippen LogP contribution in [0.2, 0.25) is 0 Å². The Labute approximate surface area is 91.2 Å². The highest BCUT2D eigenvalue weighted by atomic mass is 35.5. The summed E-state index contributed by atoms with van der Waals surface area (Å²) in [5, 5.41) is 10.6. The van der Waals surface area contributed by atoms with Gasteiger partial charge in [0.15, 0.2) is 0 Å². The third-order valence-electron chi connectivity index (χ3n) is 1.52. The van der Waals surface area contributed by atoms with Gasteiger partial charge in [-0.25, -0.2) is 4.98 Å². The second-order valence-corrected chi connectivity index (χ2v) is 2.71. The summed E-state index contributed by atoms with van der Waals surface area (Å²) < 4.78 is 4.74. The summed E-state index contributed by atoms with van der Waals surface area (Å²) >= 11 is 5.36. The lowest BCUT2D eigenvalue weighted by molar-refractivity contribution is -0.386. The molecule has 0 aliphatic carbocycles. The molecule has 5 nitrogen and oxygen atoms in total. The van der Waals surface area contributed by atoms with Crippen LogP contribution in [0.1, 0.15) is 5.56 Å². The molecule has 1 aromatic heterocycles. The summed E-state index contributed by atoms with van der Waals surface area (Å²) in [6, 6.07) is 1.30. The van der Waals surface area contributed by atoms with Gasteiger partial charge in [0.25, 0.3) is 5.88 Å². The lowest BCUT2D eigenvalue weighted by atomic mass is 10.2. The van der Waals surface area contributed by atoms with Gasteiger partial charge < -0.3 is 4.74 Å². The van der Waals surface area contributed by atoms with Crippen molar-refractivity contribution in [3.05, 3.63) is 27.9 Å². The fourth-order valence-electron chi connectivity index (χ4n) is 0.933. The molecule has 0 unspecified atom stereocenters. The summed E-state index contributed by atoms with van der Waals surface area (Å²) in [4.78, 5) is 13.8. The number of rotatable bonds is 2. The molecule has 0 radical (unpaired) electrons. The highest BCUT2D eigenvalue weighted by Crippen LogP contribution is 2.23. The van der Waals surface area contributed by atoms with Gasteiger partial charge in [0.2, 0.25) is 0 Å². The zero-order valence-corrected chi connectivity index (χ0v) is 8.61. The molecule has 0 aliphatic heterocycles. The number of alkyl halides is 1. The average Bonchev–Trinajstić information content (AvgIpc) is 2.25. The molecule has 15 heavy (non-hydrogen) atoms. The Morgan fingerprint density at radius 1 is 1.73 bits per heavy atom. The minimum atomic E-state index is -0.572. The Morgan fingerprint density at radius 3 is 3.00 bits per heavy atom. The number of nitro groups is 1. The SMILES string of the molecule is COc1ncc(C#CCCl)cc1[N+](=O)[O-]. The normalized spacial score (nSPS) is 8.93. The van der Waals surface area contributed by atoms with Crippen molar-refractivity contribution in [1.82, 2.24) is 4.98 Å². The molecule has 0 spiro atoms. The standard InChI is InChI=1S/C9H7ClN2O3/c1-15-9-8(12(13)14)5-7(6-11-9)3-2-4-10/h5-6H,4H2,1H3. The minimum absolute atomic E-state index is 0.0311. The van der Waals surface area contributed by atoms with E-state index in [-0.39, 0.29) is 17.4 Å². The van der Waals surface area contributed by atoms with Crippen LogP contribution in [0, 0.1) is 22.0 Å². The zero-order chi connectivity index (χ0) is 11.3. The molecular weight excluding hydrogens is 220 g/mol. The second kappa shape index (κ2) is 5.17. The second-order valence-electron chi connectivity index (χ2n) is 2.44. The third-order valence-corrected chi connectivity index (χ3v) is 1.66. The number of nitrogens with zero attached hydrogens (tertiary/aromatic N) is 2. The number of hydrogen-bond donors (Lipinski definition) is 0. The van der Waals surface area contributed by atoms with Crippen LogP contribution in [-0.4, -0.2) is 22.9 Å². The van der Waals surface area contributed by atoms with Crippen LogP contribution in [0.15, 0.2) is 12.3 Å². The van der Waals surface area contributed by atoms with Gasteiger partial charge in [-0.1, -0.05) is 11.8 Å². The van der Waals surface area contributed by atoms with Crippen LogP contribution < -0.4 is 4.74 Å². The van der Waals surface area contributed by atoms with E-state index in [1.807, 2.05) is 0 Å². The molecule has 1 rings (SSSR count). The largest absolute Gasteiger partial charge is 0.476 e. The maximum atomic E-state index is 10.6. The summed E-state index contributed by atoms with van der Waals surface area (Å²) in [6.45, 7) is 0. The van der Waals surface area contributed by atoms with E-state index >= 15 is 0 Å². The summed E-state index contributed by atoms with van der Waals surface area (Å²) in [7, 11) is 1.32. The minimum Gasteiger partial charge on any atom is -0.476 e. The van der Waals surface area contributed by atoms with Gasteiger partial charge in [-0.2, -0.15) is 0 Å². The number of pyridine rings is 1. The third kappa shape index (κ3) is 2.82. The molecule has 0 saturated heterocycles. The van der Waals surface area contributed by atoms with Gasteiger partial charge in [0.05, 0.1) is 23.5 Å². The van der Waals surface area contributed by atoms with Gasteiger partial charge in [0.1, 0.15) is 0 Å². The van der Waals surface area contributed by atoms with Crippen LogP contribution >= 0.6 is 11.6 Å². The number of ether oxygens (including phenoxy) is 1. The van der Waals surface area contributed by atoms with Crippen LogP contribution in [0.25, 0.3) is 0 Å². The van der Waals surface area contributed by atoms with E-state index in [2.05, 4.69) is 16.8 Å². The first-order valence-electron chi connectivity index (χ1n) is 3.92. The van der Waals surface area contributed by atoms with Gasteiger partial charge >= 0.3 is 5.69 Å². The van der Waals surface area contributed by atoms with Crippen molar-refractivity contribution in [2.24, 2.45) is 0 Å². The summed E-state index contributed by atoms with van der Waals surface area (Å²) in [6.07, 6.45) is 1.39. The highest BCUT2D eigenvalue weighted by molar-refractivity contribution is 6.19. The molecule has 0 aliphatic rings. The van der Waals surface area contributed by atoms with Crippen LogP contribution in [0.3, 0.4) is 0 Å². The van der Waals surface area contributed by atoms with E-state index in [0.29, 0.717) is 5.56 Å². The van der Waals surface area contributed by atoms with Crippen molar-refractivity contribution in [2.75, 3.05) is 13.0 Å². The summed E-state index contributed by atoms with van der Waals surface area (Å²) in [5.74, 6) is 5.35. The molecule has 0 saturated carbocycles. The van der Waals surface area contributed by atoms with Crippen molar-refractivity contribution in [1.29, 1.82) is 0 Å². The Morgan fingerprint density at radius 2 is 2.47 bits per heavy atom. The first-order valence-corrected chi connectivity index (χ1v) is 4.45. The lowest BCUT2D eigenvalue weighted by Gasteiger charge is -1.99. The monoisotopic (exact) mass is 226 g/mol. The van der Waals surface area contributed by atoms with E-state index in [4.69, 9.17) is 16.3 Å². The topological polar surface area (TPSA) is 65.3 Å². The van der Waals surface area contributed by atoms with Crippen molar-refractivity contribution < 1.29 is 9.66 Å². The van der Waals surface area contributed by atoms with Gasteiger partial charge in [-0.3, -0.25) is 10.1 Å². The van der Waals surface area contributed by atoms with Gasteiger partial charge in [0, 0.05) is 12.3 Å². The summed E-state index contributed by atoms with van der Waals surface area (Å²) in [5.41, 5.74) is 0.224. The number of methoxy groups -OCH3 is 1. The quantitative estimate of drug-likeness (QED) is 0.332. The molecular formula is C9H7ClN2O3. The average molecular weight is 227 g/mol. The predicted octanol–water partition coefficient (Wildman–Crippen LogP) is 1.59. The van der Waals surface area contributed by atoms with Crippen molar-refractivity contribution in [2.45, 2.75) is 0 Å².